The Labute approximate surface area is 168 Å². The summed E-state index contributed by atoms with van der Waals surface area (Å²) in [5, 5.41) is 8.66. The van der Waals surface area contributed by atoms with Crippen LogP contribution >= 0.6 is 0 Å². The molecule has 0 bridgehead atoms. The Morgan fingerprint density at radius 2 is 0.758 bits per heavy atom. The van der Waals surface area contributed by atoms with Crippen molar-refractivity contribution in [3.63, 3.8) is 0 Å². The first kappa shape index (κ1) is 31.6. The summed E-state index contributed by atoms with van der Waals surface area (Å²) < 4.78 is 248. The van der Waals surface area contributed by atoms with Gasteiger partial charge in [0.25, 0.3) is 0 Å². The van der Waals surface area contributed by atoms with Crippen LogP contribution < -0.4 is 5.73 Å². The highest BCUT2D eigenvalue weighted by Gasteiger charge is 2.98. The van der Waals surface area contributed by atoms with E-state index in [1.54, 1.807) is 0 Å². The molecular weight excluding hydrogens is 535 g/mol. The van der Waals surface area contributed by atoms with Gasteiger partial charge in [-0.15, -0.1) is 0 Å². The third-order valence-electron chi connectivity index (χ3n) is 4.01. The summed E-state index contributed by atoms with van der Waals surface area (Å²) in [7, 11) is 0. The van der Waals surface area contributed by atoms with E-state index in [1.165, 1.54) is 0 Å². The molecular formula is C12H8F19NO. The van der Waals surface area contributed by atoms with Gasteiger partial charge in [-0.25, -0.2) is 4.39 Å². The Hall–Kier alpha value is -1.41. The normalized spacial score (nSPS) is 17.4. The molecule has 200 valence electrons. The third kappa shape index (κ3) is 4.15. The van der Waals surface area contributed by atoms with E-state index in [9.17, 15) is 83.4 Å². The standard InChI is InChI=1S/C12H8F19NO/c13-4(14,1-3(33)2-32)6(16,17)8(20,21)10(24,25)9(22,23)7(18,19)5(15,11(26,27)28)12(29,30)31/h3,33H,1-2,32H2/t3-/m1/s1. The summed E-state index contributed by atoms with van der Waals surface area (Å²) in [4.78, 5) is 0. The molecule has 0 fully saturated rings. The van der Waals surface area contributed by atoms with Crippen LogP contribution in [0.15, 0.2) is 0 Å². The second kappa shape index (κ2) is 8.08. The Kier molecular flexibility index (Phi) is 7.73. The van der Waals surface area contributed by atoms with E-state index >= 15 is 0 Å². The van der Waals surface area contributed by atoms with Crippen LogP contribution in [-0.2, 0) is 0 Å². The van der Waals surface area contributed by atoms with Gasteiger partial charge in [0.1, 0.15) is 0 Å². The minimum Gasteiger partial charge on any atom is -0.392 e. The Morgan fingerprint density at radius 1 is 0.485 bits per heavy atom. The fourth-order valence-electron chi connectivity index (χ4n) is 2.06. The maximum Gasteiger partial charge on any atom is 0.438 e. The number of halogens is 19. The lowest BCUT2D eigenvalue weighted by Gasteiger charge is -2.45. The van der Waals surface area contributed by atoms with Crippen molar-refractivity contribution >= 4 is 0 Å². The van der Waals surface area contributed by atoms with Gasteiger partial charge in [-0.05, 0) is 0 Å². The van der Waals surface area contributed by atoms with Crippen LogP contribution in [0.4, 0.5) is 83.4 Å². The van der Waals surface area contributed by atoms with Crippen molar-refractivity contribution in [3.8, 4) is 0 Å². The van der Waals surface area contributed by atoms with E-state index < -0.39 is 72.6 Å². The van der Waals surface area contributed by atoms with Gasteiger partial charge >= 0.3 is 53.6 Å². The Morgan fingerprint density at radius 3 is 1.03 bits per heavy atom. The predicted molar refractivity (Wildman–Crippen MR) is 65.3 cm³/mol. The minimum absolute atomic E-state index is 1.50. The zero-order valence-electron chi connectivity index (χ0n) is 14.7. The van der Waals surface area contributed by atoms with Crippen LogP contribution in [0.1, 0.15) is 6.42 Å². The molecule has 0 saturated heterocycles. The first-order valence-electron chi connectivity index (χ1n) is 7.43. The van der Waals surface area contributed by atoms with Gasteiger partial charge in [0.15, 0.2) is 0 Å². The third-order valence-corrected chi connectivity index (χ3v) is 4.01. The highest BCUT2D eigenvalue weighted by Crippen LogP contribution is 2.66. The molecule has 0 aromatic heterocycles. The van der Waals surface area contributed by atoms with Gasteiger partial charge < -0.3 is 10.8 Å². The van der Waals surface area contributed by atoms with Gasteiger partial charge in [0.05, 0.1) is 6.10 Å². The molecule has 0 aromatic rings. The van der Waals surface area contributed by atoms with Crippen molar-refractivity contribution in [1.29, 1.82) is 0 Å². The molecule has 0 rings (SSSR count). The largest absolute Gasteiger partial charge is 0.438 e. The number of alkyl halides is 19. The number of hydrogen-bond acceptors (Lipinski definition) is 2. The lowest BCUT2D eigenvalue weighted by molar-refractivity contribution is -0.472. The molecule has 0 unspecified atom stereocenters. The highest BCUT2D eigenvalue weighted by molar-refractivity contribution is 5.19. The molecule has 0 amide bonds. The maximum absolute atomic E-state index is 13.4. The second-order valence-corrected chi connectivity index (χ2v) is 6.32. The summed E-state index contributed by atoms with van der Waals surface area (Å²) in [6.07, 6.45) is -22.6. The predicted octanol–water partition coefficient (Wildman–Crippen LogP) is 5.34. The van der Waals surface area contributed by atoms with Gasteiger partial charge in [-0.3, -0.25) is 0 Å². The molecule has 0 radical (unpaired) electrons. The molecule has 0 saturated carbocycles. The van der Waals surface area contributed by atoms with Crippen molar-refractivity contribution in [3.05, 3.63) is 0 Å². The topological polar surface area (TPSA) is 46.2 Å². The fraction of sp³-hybridized carbons (Fsp3) is 1.00. The summed E-state index contributed by atoms with van der Waals surface area (Å²) in [5.41, 5.74) is -4.33. The number of hydrogen-bond donors (Lipinski definition) is 2. The lowest BCUT2D eigenvalue weighted by atomic mass is 9.83. The molecule has 21 heteroatoms. The number of aliphatic hydroxyl groups is 1. The van der Waals surface area contributed by atoms with Gasteiger partial charge in [-0.1, -0.05) is 0 Å². The zero-order valence-corrected chi connectivity index (χ0v) is 14.7. The molecule has 0 aliphatic carbocycles. The van der Waals surface area contributed by atoms with Crippen molar-refractivity contribution in [2.45, 2.75) is 66.1 Å². The Balaban J connectivity index is 7.00. The number of aliphatic hydroxyl groups excluding tert-OH is 1. The molecule has 0 heterocycles. The van der Waals surface area contributed by atoms with Crippen molar-refractivity contribution in [1.82, 2.24) is 0 Å². The summed E-state index contributed by atoms with van der Waals surface area (Å²) in [5.74, 6) is -50.3. The maximum atomic E-state index is 13.4. The first-order valence-corrected chi connectivity index (χ1v) is 7.43. The van der Waals surface area contributed by atoms with E-state index in [-0.39, 0.29) is 0 Å². The van der Waals surface area contributed by atoms with Crippen LogP contribution in [0.2, 0.25) is 0 Å². The molecule has 0 aliphatic heterocycles. The summed E-state index contributed by atoms with van der Waals surface area (Å²) >= 11 is 0. The van der Waals surface area contributed by atoms with Crippen LogP contribution in [0.25, 0.3) is 0 Å². The number of nitrogens with two attached hydrogens (primary N) is 1. The molecule has 2 nitrogen and oxygen atoms in total. The Bertz CT molecular complexity index is 678. The van der Waals surface area contributed by atoms with E-state index in [2.05, 4.69) is 5.73 Å². The van der Waals surface area contributed by atoms with Gasteiger partial charge in [0, 0.05) is 13.0 Å². The lowest BCUT2D eigenvalue weighted by Crippen LogP contribution is -2.77. The van der Waals surface area contributed by atoms with Gasteiger partial charge in [-0.2, -0.15) is 79.0 Å². The van der Waals surface area contributed by atoms with E-state index in [0.717, 1.165) is 0 Å². The molecule has 0 spiro atoms. The average Bonchev–Trinajstić information content (AvgIpc) is 2.57. The monoisotopic (exact) mass is 543 g/mol. The zero-order chi connectivity index (χ0) is 27.5. The summed E-state index contributed by atoms with van der Waals surface area (Å²) in [6, 6.07) is 0. The smallest absolute Gasteiger partial charge is 0.392 e. The quantitative estimate of drug-likeness (QED) is 0.386. The van der Waals surface area contributed by atoms with Crippen molar-refractivity contribution in [2.24, 2.45) is 5.73 Å². The highest BCUT2D eigenvalue weighted by atomic mass is 19.4. The van der Waals surface area contributed by atoms with Gasteiger partial charge in [0.2, 0.25) is 0 Å². The van der Waals surface area contributed by atoms with Crippen LogP contribution in [0.5, 0.6) is 0 Å². The molecule has 0 aliphatic rings. The first-order chi connectivity index (χ1) is 14.0. The summed E-state index contributed by atoms with van der Waals surface area (Å²) in [6.45, 7) is -1.50. The fourth-order valence-corrected chi connectivity index (χ4v) is 2.06. The van der Waals surface area contributed by atoms with Crippen molar-refractivity contribution in [2.75, 3.05) is 6.54 Å². The van der Waals surface area contributed by atoms with Crippen molar-refractivity contribution < 1.29 is 88.5 Å². The van der Waals surface area contributed by atoms with E-state index in [1.807, 2.05) is 0 Å². The van der Waals surface area contributed by atoms with Crippen LogP contribution in [0.3, 0.4) is 0 Å². The SMILES string of the molecule is NC[C@H](O)CC(F)(F)C(F)(F)C(F)(F)C(F)(F)C(F)(F)C(F)(F)C(F)(C(F)(F)F)C(F)(F)F. The van der Waals surface area contributed by atoms with Crippen LogP contribution in [-0.4, -0.2) is 71.3 Å². The number of rotatable bonds is 9. The minimum atomic E-state index is -9.05. The van der Waals surface area contributed by atoms with Crippen LogP contribution in [0, 0.1) is 0 Å². The average molecular weight is 543 g/mol. The molecule has 0 aromatic carbocycles. The molecule has 33 heavy (non-hydrogen) atoms. The molecule has 3 N–H and O–H groups in total. The second-order valence-electron chi connectivity index (χ2n) is 6.32. The van der Waals surface area contributed by atoms with E-state index in [4.69, 9.17) is 5.11 Å². The van der Waals surface area contributed by atoms with E-state index in [0.29, 0.717) is 0 Å². The molecule has 1 atom stereocenters.